The van der Waals surface area contributed by atoms with Gasteiger partial charge in [-0.25, -0.2) is 8.42 Å². The third-order valence-electron chi connectivity index (χ3n) is 6.46. The molecule has 0 fully saturated rings. The lowest BCUT2D eigenvalue weighted by atomic mass is 10.1. The van der Waals surface area contributed by atoms with Crippen LogP contribution in [0.1, 0.15) is 45.6 Å². The van der Waals surface area contributed by atoms with Crippen molar-refractivity contribution < 1.29 is 22.7 Å². The number of unbranched alkanes of at least 4 members (excludes halogenated alkanes) is 1. The average molecular weight is 566 g/mol. The summed E-state index contributed by atoms with van der Waals surface area (Å²) in [4.78, 5) is 28.7. The van der Waals surface area contributed by atoms with Crippen molar-refractivity contribution in [3.8, 4) is 5.75 Å². The number of para-hydroxylation sites is 1. The third kappa shape index (κ3) is 8.08. The zero-order chi connectivity index (χ0) is 29.0. The number of sulfonamides is 1. The Labute approximate surface area is 238 Å². The topological polar surface area (TPSA) is 96.0 Å². The molecule has 214 valence electrons. The first-order chi connectivity index (χ1) is 19.3. The fourth-order valence-corrected chi connectivity index (χ4v) is 5.74. The molecule has 9 heteroatoms. The van der Waals surface area contributed by atoms with Crippen molar-refractivity contribution in [2.24, 2.45) is 0 Å². The van der Waals surface area contributed by atoms with Crippen LogP contribution in [0.2, 0.25) is 0 Å². The number of rotatable bonds is 15. The lowest BCUT2D eigenvalue weighted by Gasteiger charge is -2.33. The molecule has 3 aromatic carbocycles. The minimum absolute atomic E-state index is 0.0339. The predicted molar refractivity (Wildman–Crippen MR) is 158 cm³/mol. The number of benzene rings is 3. The zero-order valence-corrected chi connectivity index (χ0v) is 24.3. The highest BCUT2D eigenvalue weighted by molar-refractivity contribution is 7.92. The SMILES string of the molecule is CCCCNC(=O)C(CC)N(Cc1ccccc1)C(=O)CN(c1ccccc1)S(=O)(=O)c1ccc(OCC)cc1. The molecule has 2 amide bonds. The maximum absolute atomic E-state index is 14.0. The molecule has 0 aliphatic heterocycles. The molecule has 0 aliphatic carbocycles. The minimum Gasteiger partial charge on any atom is -0.494 e. The number of carbonyl (C=O) groups is 2. The van der Waals surface area contributed by atoms with Crippen molar-refractivity contribution in [3.63, 3.8) is 0 Å². The zero-order valence-electron chi connectivity index (χ0n) is 23.5. The van der Waals surface area contributed by atoms with Crippen molar-refractivity contribution in [2.75, 3.05) is 24.0 Å². The summed E-state index contributed by atoms with van der Waals surface area (Å²) in [6.07, 6.45) is 2.14. The van der Waals surface area contributed by atoms with Crippen molar-refractivity contribution in [3.05, 3.63) is 90.5 Å². The number of hydrogen-bond acceptors (Lipinski definition) is 5. The number of nitrogens with zero attached hydrogens (tertiary/aromatic N) is 2. The van der Waals surface area contributed by atoms with Crippen molar-refractivity contribution in [2.45, 2.75) is 57.5 Å². The van der Waals surface area contributed by atoms with Gasteiger partial charge in [-0.3, -0.25) is 13.9 Å². The Balaban J connectivity index is 1.98. The third-order valence-corrected chi connectivity index (χ3v) is 8.25. The normalized spacial score (nSPS) is 11.9. The quantitative estimate of drug-likeness (QED) is 0.262. The molecule has 0 radical (unpaired) electrons. The van der Waals surface area contributed by atoms with E-state index in [4.69, 9.17) is 4.74 Å². The summed E-state index contributed by atoms with van der Waals surface area (Å²) in [5.41, 5.74) is 1.20. The minimum atomic E-state index is -4.13. The monoisotopic (exact) mass is 565 g/mol. The molecule has 1 N–H and O–H groups in total. The van der Waals surface area contributed by atoms with E-state index in [1.807, 2.05) is 51.1 Å². The summed E-state index contributed by atoms with van der Waals surface area (Å²) in [5, 5.41) is 2.94. The van der Waals surface area contributed by atoms with Gasteiger partial charge in [0.2, 0.25) is 11.8 Å². The molecular formula is C31H39N3O5S. The van der Waals surface area contributed by atoms with E-state index < -0.39 is 28.5 Å². The summed E-state index contributed by atoms with van der Waals surface area (Å²) < 4.78 is 34.4. The number of nitrogens with one attached hydrogen (secondary N) is 1. The Morgan fingerprint density at radius 2 is 1.50 bits per heavy atom. The molecule has 1 unspecified atom stereocenters. The van der Waals surface area contributed by atoms with Gasteiger partial charge in [0.1, 0.15) is 18.3 Å². The van der Waals surface area contributed by atoms with E-state index in [-0.39, 0.29) is 17.3 Å². The van der Waals surface area contributed by atoms with Gasteiger partial charge in [0.15, 0.2) is 0 Å². The summed E-state index contributed by atoms with van der Waals surface area (Å²) in [7, 11) is -4.13. The van der Waals surface area contributed by atoms with Crippen LogP contribution >= 0.6 is 0 Å². The Hall–Kier alpha value is -3.85. The van der Waals surface area contributed by atoms with E-state index in [2.05, 4.69) is 5.32 Å². The second-order valence-electron chi connectivity index (χ2n) is 9.33. The highest BCUT2D eigenvalue weighted by Gasteiger charge is 2.33. The van der Waals surface area contributed by atoms with Crippen LogP contribution in [0.4, 0.5) is 5.69 Å². The lowest BCUT2D eigenvalue weighted by Crippen LogP contribution is -2.52. The maximum Gasteiger partial charge on any atom is 0.264 e. The Morgan fingerprint density at radius 1 is 0.875 bits per heavy atom. The second kappa shape index (κ2) is 15.1. The number of ether oxygens (including phenoxy) is 1. The van der Waals surface area contributed by atoms with Crippen LogP contribution in [0.5, 0.6) is 5.75 Å². The highest BCUT2D eigenvalue weighted by atomic mass is 32.2. The summed E-state index contributed by atoms with van der Waals surface area (Å²) in [5.74, 6) is -0.168. The predicted octanol–water partition coefficient (Wildman–Crippen LogP) is 5.00. The molecule has 0 bridgehead atoms. The summed E-state index contributed by atoms with van der Waals surface area (Å²) in [6, 6.07) is 23.3. The molecular weight excluding hydrogens is 526 g/mol. The Bertz CT molecular complexity index is 1320. The Kier molecular flexibility index (Phi) is 11.6. The summed E-state index contributed by atoms with van der Waals surface area (Å²) >= 11 is 0. The second-order valence-corrected chi connectivity index (χ2v) is 11.2. The van der Waals surface area contributed by atoms with Crippen LogP contribution < -0.4 is 14.4 Å². The van der Waals surface area contributed by atoms with Crippen molar-refractivity contribution in [1.29, 1.82) is 0 Å². The molecule has 0 aromatic heterocycles. The first kappa shape index (κ1) is 30.7. The van der Waals surface area contributed by atoms with Gasteiger partial charge in [0.05, 0.1) is 17.2 Å². The smallest absolute Gasteiger partial charge is 0.264 e. The summed E-state index contributed by atoms with van der Waals surface area (Å²) in [6.45, 7) is 6.41. The number of amides is 2. The first-order valence-corrected chi connectivity index (χ1v) is 15.2. The van der Waals surface area contributed by atoms with Gasteiger partial charge in [0.25, 0.3) is 10.0 Å². The molecule has 40 heavy (non-hydrogen) atoms. The number of carbonyl (C=O) groups excluding carboxylic acids is 2. The first-order valence-electron chi connectivity index (χ1n) is 13.7. The lowest BCUT2D eigenvalue weighted by molar-refractivity contribution is -0.140. The van der Waals surface area contributed by atoms with Crippen LogP contribution in [0, 0.1) is 0 Å². The molecule has 8 nitrogen and oxygen atoms in total. The fraction of sp³-hybridized carbons (Fsp3) is 0.355. The number of anilines is 1. The van der Waals surface area contributed by atoms with Gasteiger partial charge < -0.3 is 15.0 Å². The Morgan fingerprint density at radius 3 is 2.08 bits per heavy atom. The van der Waals surface area contributed by atoms with Crippen LogP contribution in [-0.4, -0.2) is 50.9 Å². The van der Waals surface area contributed by atoms with E-state index in [0.29, 0.717) is 31.0 Å². The molecule has 3 rings (SSSR count). The van der Waals surface area contributed by atoms with Crippen LogP contribution in [0.3, 0.4) is 0 Å². The molecule has 0 saturated carbocycles. The number of hydrogen-bond donors (Lipinski definition) is 1. The molecule has 0 heterocycles. The van der Waals surface area contributed by atoms with E-state index >= 15 is 0 Å². The van der Waals surface area contributed by atoms with E-state index in [0.717, 1.165) is 22.7 Å². The molecule has 3 aromatic rings. The van der Waals surface area contributed by atoms with Crippen LogP contribution in [0.15, 0.2) is 89.8 Å². The molecule has 0 spiro atoms. The standard InChI is InChI=1S/C31H39N3O5S/c1-4-7-22-32-31(36)29(5-2)33(23-25-14-10-8-11-15-25)30(35)24-34(26-16-12-9-13-17-26)40(37,38)28-20-18-27(19-21-28)39-6-3/h8-21,29H,4-7,22-24H2,1-3H3,(H,32,36). The fourth-order valence-electron chi connectivity index (χ4n) is 4.33. The van der Waals surface area contributed by atoms with Gasteiger partial charge in [-0.2, -0.15) is 0 Å². The van der Waals surface area contributed by atoms with Gasteiger partial charge in [-0.05, 0) is 61.7 Å². The van der Waals surface area contributed by atoms with Crippen molar-refractivity contribution >= 4 is 27.5 Å². The molecule has 0 aliphatic rings. The van der Waals surface area contributed by atoms with Gasteiger partial charge in [-0.15, -0.1) is 0 Å². The highest BCUT2D eigenvalue weighted by Crippen LogP contribution is 2.26. The van der Waals surface area contributed by atoms with E-state index in [1.54, 1.807) is 42.5 Å². The van der Waals surface area contributed by atoms with Gasteiger partial charge >= 0.3 is 0 Å². The van der Waals surface area contributed by atoms with Crippen LogP contribution in [-0.2, 0) is 26.2 Å². The van der Waals surface area contributed by atoms with E-state index in [1.165, 1.54) is 17.0 Å². The molecule has 1 atom stereocenters. The average Bonchev–Trinajstić information content (AvgIpc) is 2.97. The maximum atomic E-state index is 14.0. The van der Waals surface area contributed by atoms with Gasteiger partial charge in [0, 0.05) is 13.1 Å². The largest absolute Gasteiger partial charge is 0.494 e. The van der Waals surface area contributed by atoms with Crippen molar-refractivity contribution in [1.82, 2.24) is 10.2 Å². The molecule has 0 saturated heterocycles. The van der Waals surface area contributed by atoms with Gasteiger partial charge in [-0.1, -0.05) is 68.8 Å². The van der Waals surface area contributed by atoms with E-state index in [9.17, 15) is 18.0 Å². The van der Waals surface area contributed by atoms with Crippen LogP contribution in [0.25, 0.3) is 0 Å².